The Morgan fingerprint density at radius 3 is 2.59 bits per heavy atom. The predicted octanol–water partition coefficient (Wildman–Crippen LogP) is 2.97. The molecule has 1 aliphatic rings. The third-order valence-electron chi connectivity index (χ3n) is 3.39. The first-order valence-electron chi connectivity index (χ1n) is 5.97. The van der Waals surface area contributed by atoms with Crippen LogP contribution in [0.1, 0.15) is 25.3 Å². The van der Waals surface area contributed by atoms with Crippen LogP contribution in [0.2, 0.25) is 0 Å². The maximum absolute atomic E-state index is 7.45. The molecule has 0 bridgehead atoms. The SMILES string of the molecule is CC1CCN(c2ccc(C(=N)N)c(Br)c2)CC1. The smallest absolute Gasteiger partial charge is 0.123 e. The van der Waals surface area contributed by atoms with Crippen LogP contribution in [-0.2, 0) is 0 Å². The second-order valence-electron chi connectivity index (χ2n) is 4.75. The Morgan fingerprint density at radius 1 is 1.41 bits per heavy atom. The maximum Gasteiger partial charge on any atom is 0.123 e. The molecule has 2 rings (SSSR count). The number of amidine groups is 1. The first kappa shape index (κ1) is 12.4. The molecule has 0 saturated carbocycles. The molecule has 1 saturated heterocycles. The molecule has 1 aromatic rings. The molecule has 1 aliphatic heterocycles. The molecule has 1 aromatic carbocycles. The van der Waals surface area contributed by atoms with E-state index in [2.05, 4.69) is 39.9 Å². The molecule has 0 spiro atoms. The molecule has 0 radical (unpaired) electrons. The fraction of sp³-hybridized carbons (Fsp3) is 0.462. The third kappa shape index (κ3) is 2.80. The Morgan fingerprint density at radius 2 is 2.06 bits per heavy atom. The fourth-order valence-corrected chi connectivity index (χ4v) is 2.77. The predicted molar refractivity (Wildman–Crippen MR) is 75.8 cm³/mol. The number of nitrogens with two attached hydrogens (primary N) is 1. The number of nitrogen functional groups attached to an aromatic ring is 1. The fourth-order valence-electron chi connectivity index (χ4n) is 2.19. The van der Waals surface area contributed by atoms with E-state index >= 15 is 0 Å². The Labute approximate surface area is 111 Å². The molecule has 0 aliphatic carbocycles. The number of rotatable bonds is 2. The Hall–Kier alpha value is -1.03. The average Bonchev–Trinajstić information content (AvgIpc) is 2.29. The van der Waals surface area contributed by atoms with Crippen molar-refractivity contribution in [3.63, 3.8) is 0 Å². The van der Waals surface area contributed by atoms with Crippen molar-refractivity contribution in [2.24, 2.45) is 11.7 Å². The summed E-state index contributed by atoms with van der Waals surface area (Å²) in [5.74, 6) is 0.946. The molecule has 0 atom stereocenters. The van der Waals surface area contributed by atoms with Gasteiger partial charge in [-0.05, 0) is 52.9 Å². The largest absolute Gasteiger partial charge is 0.384 e. The molecule has 3 N–H and O–H groups in total. The molecule has 0 unspecified atom stereocenters. The van der Waals surface area contributed by atoms with Gasteiger partial charge < -0.3 is 10.6 Å². The van der Waals surface area contributed by atoms with Gasteiger partial charge in [0.1, 0.15) is 5.84 Å². The number of piperidine rings is 1. The topological polar surface area (TPSA) is 53.1 Å². The quantitative estimate of drug-likeness (QED) is 0.651. The van der Waals surface area contributed by atoms with E-state index in [1.165, 1.54) is 18.5 Å². The van der Waals surface area contributed by atoms with Gasteiger partial charge in [-0.25, -0.2) is 0 Å². The van der Waals surface area contributed by atoms with Gasteiger partial charge in [-0.2, -0.15) is 0 Å². The summed E-state index contributed by atoms with van der Waals surface area (Å²) in [7, 11) is 0. The van der Waals surface area contributed by atoms with E-state index in [0.29, 0.717) is 0 Å². The summed E-state index contributed by atoms with van der Waals surface area (Å²) in [6, 6.07) is 6.03. The number of hydrogen-bond donors (Lipinski definition) is 2. The highest BCUT2D eigenvalue weighted by molar-refractivity contribution is 9.10. The van der Waals surface area contributed by atoms with E-state index in [4.69, 9.17) is 11.1 Å². The number of anilines is 1. The summed E-state index contributed by atoms with van der Waals surface area (Å²) < 4.78 is 0.904. The summed E-state index contributed by atoms with van der Waals surface area (Å²) in [6.07, 6.45) is 2.51. The Balaban J connectivity index is 2.17. The zero-order valence-electron chi connectivity index (χ0n) is 10.0. The van der Waals surface area contributed by atoms with Gasteiger partial charge >= 0.3 is 0 Å². The lowest BCUT2D eigenvalue weighted by molar-refractivity contribution is 0.438. The first-order chi connectivity index (χ1) is 8.08. The van der Waals surface area contributed by atoms with Crippen molar-refractivity contribution in [1.82, 2.24) is 0 Å². The zero-order chi connectivity index (χ0) is 12.4. The molecule has 1 fully saturated rings. The van der Waals surface area contributed by atoms with Crippen LogP contribution in [0.15, 0.2) is 22.7 Å². The molecule has 0 aromatic heterocycles. The van der Waals surface area contributed by atoms with Gasteiger partial charge in [-0.15, -0.1) is 0 Å². The monoisotopic (exact) mass is 295 g/mol. The summed E-state index contributed by atoms with van der Waals surface area (Å²) in [4.78, 5) is 2.40. The van der Waals surface area contributed by atoms with Crippen molar-refractivity contribution in [3.8, 4) is 0 Å². The number of nitrogens with one attached hydrogen (secondary N) is 1. The minimum atomic E-state index is 0.107. The minimum Gasteiger partial charge on any atom is -0.384 e. The van der Waals surface area contributed by atoms with Gasteiger partial charge in [0, 0.05) is 28.8 Å². The summed E-state index contributed by atoms with van der Waals surface area (Å²) >= 11 is 3.48. The number of benzene rings is 1. The van der Waals surface area contributed by atoms with Crippen molar-refractivity contribution in [3.05, 3.63) is 28.2 Å². The molecule has 3 nitrogen and oxygen atoms in total. The molecular formula is C13H18BrN3. The van der Waals surface area contributed by atoms with Crippen LogP contribution < -0.4 is 10.6 Å². The highest BCUT2D eigenvalue weighted by Gasteiger charge is 2.16. The van der Waals surface area contributed by atoms with Gasteiger partial charge in [-0.1, -0.05) is 6.92 Å². The zero-order valence-corrected chi connectivity index (χ0v) is 11.6. The van der Waals surface area contributed by atoms with Gasteiger partial charge in [0.05, 0.1) is 0 Å². The summed E-state index contributed by atoms with van der Waals surface area (Å²) in [5, 5.41) is 7.45. The van der Waals surface area contributed by atoms with Crippen molar-refractivity contribution in [2.75, 3.05) is 18.0 Å². The van der Waals surface area contributed by atoms with Crippen LogP contribution in [0.25, 0.3) is 0 Å². The van der Waals surface area contributed by atoms with Crippen molar-refractivity contribution < 1.29 is 0 Å². The second kappa shape index (κ2) is 5.08. The Bertz CT molecular complexity index is 423. The number of hydrogen-bond acceptors (Lipinski definition) is 2. The summed E-state index contributed by atoms with van der Waals surface area (Å²) in [5.41, 5.74) is 7.48. The van der Waals surface area contributed by atoms with Crippen LogP contribution >= 0.6 is 15.9 Å². The van der Waals surface area contributed by atoms with Gasteiger partial charge in [0.25, 0.3) is 0 Å². The lowest BCUT2D eigenvalue weighted by atomic mass is 9.98. The summed E-state index contributed by atoms with van der Waals surface area (Å²) in [6.45, 7) is 4.55. The lowest BCUT2D eigenvalue weighted by Crippen LogP contribution is -2.32. The van der Waals surface area contributed by atoms with Crippen LogP contribution in [0.3, 0.4) is 0 Å². The van der Waals surface area contributed by atoms with Crippen LogP contribution in [-0.4, -0.2) is 18.9 Å². The average molecular weight is 296 g/mol. The molecule has 4 heteroatoms. The van der Waals surface area contributed by atoms with Gasteiger partial charge in [0.2, 0.25) is 0 Å². The molecule has 17 heavy (non-hydrogen) atoms. The highest BCUT2D eigenvalue weighted by atomic mass is 79.9. The number of nitrogens with zero attached hydrogens (tertiary/aromatic N) is 1. The van der Waals surface area contributed by atoms with Gasteiger partial charge in [0.15, 0.2) is 0 Å². The molecular weight excluding hydrogens is 278 g/mol. The van der Waals surface area contributed by atoms with E-state index in [1.807, 2.05) is 6.07 Å². The van der Waals surface area contributed by atoms with Crippen molar-refractivity contribution in [2.45, 2.75) is 19.8 Å². The van der Waals surface area contributed by atoms with Crippen molar-refractivity contribution >= 4 is 27.5 Å². The van der Waals surface area contributed by atoms with Crippen molar-refractivity contribution in [1.29, 1.82) is 5.41 Å². The van der Waals surface area contributed by atoms with E-state index in [1.54, 1.807) is 0 Å². The highest BCUT2D eigenvalue weighted by Crippen LogP contribution is 2.27. The standard InChI is InChI=1S/C13H18BrN3/c1-9-4-6-17(7-5-9)10-2-3-11(13(15)16)12(14)8-10/h2-3,8-9H,4-7H2,1H3,(H3,15,16). The molecule has 0 amide bonds. The van der Waals surface area contributed by atoms with Crippen LogP contribution in [0.4, 0.5) is 5.69 Å². The molecule has 1 heterocycles. The van der Waals surface area contributed by atoms with E-state index in [0.717, 1.165) is 29.0 Å². The van der Waals surface area contributed by atoms with E-state index < -0.39 is 0 Å². The minimum absolute atomic E-state index is 0.107. The lowest BCUT2D eigenvalue weighted by Gasteiger charge is -2.32. The normalized spacial score (nSPS) is 17.2. The molecule has 92 valence electrons. The maximum atomic E-state index is 7.45. The van der Waals surface area contributed by atoms with Crippen LogP contribution in [0, 0.1) is 11.3 Å². The third-order valence-corrected chi connectivity index (χ3v) is 4.05. The first-order valence-corrected chi connectivity index (χ1v) is 6.76. The van der Waals surface area contributed by atoms with Crippen LogP contribution in [0.5, 0.6) is 0 Å². The van der Waals surface area contributed by atoms with Gasteiger partial charge in [-0.3, -0.25) is 5.41 Å². The Kier molecular flexibility index (Phi) is 3.72. The number of halogens is 1. The second-order valence-corrected chi connectivity index (χ2v) is 5.60. The van der Waals surface area contributed by atoms with E-state index in [9.17, 15) is 0 Å². The van der Waals surface area contributed by atoms with E-state index in [-0.39, 0.29) is 5.84 Å².